The molecule has 1 aromatic carbocycles. The molecule has 0 fully saturated rings. The van der Waals surface area contributed by atoms with Gasteiger partial charge in [-0.1, -0.05) is 6.07 Å². The third-order valence-electron chi connectivity index (χ3n) is 2.35. The zero-order chi connectivity index (χ0) is 13.1. The molecule has 0 saturated carbocycles. The maximum absolute atomic E-state index is 11.7. The summed E-state index contributed by atoms with van der Waals surface area (Å²) in [5.74, 6) is -0.332. The molecular formula is C11H13N5O2. The number of benzene rings is 1. The van der Waals surface area contributed by atoms with Gasteiger partial charge in [0.15, 0.2) is 0 Å². The molecule has 94 valence electrons. The molecule has 0 atom stereocenters. The highest BCUT2D eigenvalue weighted by Crippen LogP contribution is 2.11. The molecule has 0 spiro atoms. The highest BCUT2D eigenvalue weighted by Gasteiger charge is 2.08. The highest BCUT2D eigenvalue weighted by molar-refractivity contribution is 5.90. The van der Waals surface area contributed by atoms with Crippen LogP contribution in [0.4, 0.5) is 11.4 Å². The van der Waals surface area contributed by atoms with Crippen molar-refractivity contribution in [1.82, 2.24) is 14.3 Å². The first-order chi connectivity index (χ1) is 8.56. The molecule has 0 bridgehead atoms. The van der Waals surface area contributed by atoms with Crippen molar-refractivity contribution in [3.8, 4) is 0 Å². The highest BCUT2D eigenvalue weighted by atomic mass is 16.2. The van der Waals surface area contributed by atoms with E-state index in [0.717, 1.165) is 4.68 Å². The number of rotatable bonds is 3. The zero-order valence-corrected chi connectivity index (χ0v) is 9.83. The van der Waals surface area contributed by atoms with Crippen LogP contribution in [0, 0.1) is 0 Å². The molecule has 2 rings (SSSR count). The summed E-state index contributed by atoms with van der Waals surface area (Å²) in [6.07, 6.45) is 1.36. The Kier molecular flexibility index (Phi) is 3.13. The van der Waals surface area contributed by atoms with Gasteiger partial charge < -0.3 is 11.1 Å². The van der Waals surface area contributed by atoms with Crippen LogP contribution in [0.5, 0.6) is 0 Å². The van der Waals surface area contributed by atoms with E-state index in [1.165, 1.54) is 10.9 Å². The topological polar surface area (TPSA) is 94.9 Å². The van der Waals surface area contributed by atoms with Crippen molar-refractivity contribution in [1.29, 1.82) is 0 Å². The number of aryl methyl sites for hydroxylation is 1. The van der Waals surface area contributed by atoms with E-state index >= 15 is 0 Å². The van der Waals surface area contributed by atoms with Crippen LogP contribution in [0.2, 0.25) is 0 Å². The maximum atomic E-state index is 11.7. The summed E-state index contributed by atoms with van der Waals surface area (Å²) in [7, 11) is 1.57. The average Bonchev–Trinajstić information content (AvgIpc) is 2.61. The average molecular weight is 247 g/mol. The number of amides is 1. The van der Waals surface area contributed by atoms with E-state index in [-0.39, 0.29) is 18.1 Å². The molecule has 7 heteroatoms. The molecule has 0 aliphatic rings. The molecule has 1 aromatic heterocycles. The number of hydrogen-bond donors (Lipinski definition) is 2. The molecule has 1 heterocycles. The van der Waals surface area contributed by atoms with Gasteiger partial charge in [0.25, 0.3) is 0 Å². The lowest BCUT2D eigenvalue weighted by Gasteiger charge is -2.05. The second-order valence-electron chi connectivity index (χ2n) is 3.86. The summed E-state index contributed by atoms with van der Waals surface area (Å²) >= 11 is 0. The van der Waals surface area contributed by atoms with E-state index in [1.54, 1.807) is 31.3 Å². The number of anilines is 2. The fourth-order valence-corrected chi connectivity index (χ4v) is 1.48. The van der Waals surface area contributed by atoms with E-state index in [2.05, 4.69) is 10.4 Å². The standard InChI is InChI=1S/C11H13N5O2/c1-15-7-13-16(11(15)18)6-10(17)14-9-4-2-3-8(12)5-9/h2-5,7H,6,12H2,1H3,(H,14,17). The van der Waals surface area contributed by atoms with Gasteiger partial charge in [-0.15, -0.1) is 0 Å². The molecule has 18 heavy (non-hydrogen) atoms. The Morgan fingerprint density at radius 3 is 2.89 bits per heavy atom. The summed E-state index contributed by atoms with van der Waals surface area (Å²) in [4.78, 5) is 23.2. The lowest BCUT2D eigenvalue weighted by Crippen LogP contribution is -2.29. The van der Waals surface area contributed by atoms with Crippen molar-refractivity contribution in [3.05, 3.63) is 41.1 Å². The van der Waals surface area contributed by atoms with Crippen LogP contribution in [0.3, 0.4) is 0 Å². The van der Waals surface area contributed by atoms with Crippen LogP contribution >= 0.6 is 0 Å². The predicted molar refractivity (Wildman–Crippen MR) is 67.0 cm³/mol. The van der Waals surface area contributed by atoms with Crippen molar-refractivity contribution in [2.45, 2.75) is 6.54 Å². The van der Waals surface area contributed by atoms with Gasteiger partial charge in [0.05, 0.1) is 0 Å². The first-order valence-corrected chi connectivity index (χ1v) is 5.30. The van der Waals surface area contributed by atoms with Crippen LogP contribution in [0.15, 0.2) is 35.4 Å². The first kappa shape index (κ1) is 11.9. The smallest absolute Gasteiger partial charge is 0.345 e. The second kappa shape index (κ2) is 4.74. The molecule has 0 aliphatic carbocycles. The Hall–Kier alpha value is -2.57. The summed E-state index contributed by atoms with van der Waals surface area (Å²) in [5.41, 5.74) is 6.40. The Labute approximate surface area is 103 Å². The molecule has 0 radical (unpaired) electrons. The second-order valence-corrected chi connectivity index (χ2v) is 3.86. The summed E-state index contributed by atoms with van der Waals surface area (Å²) < 4.78 is 2.38. The minimum Gasteiger partial charge on any atom is -0.399 e. The largest absolute Gasteiger partial charge is 0.399 e. The molecule has 0 aliphatic heterocycles. The molecular weight excluding hydrogens is 234 g/mol. The molecule has 7 nitrogen and oxygen atoms in total. The number of carbonyl (C=O) groups excluding carboxylic acids is 1. The molecule has 3 N–H and O–H groups in total. The van der Waals surface area contributed by atoms with Crippen molar-refractivity contribution < 1.29 is 4.79 Å². The van der Waals surface area contributed by atoms with Crippen LogP contribution < -0.4 is 16.7 Å². The van der Waals surface area contributed by atoms with Crippen LogP contribution in [0.1, 0.15) is 0 Å². The number of nitrogens with zero attached hydrogens (tertiary/aromatic N) is 3. The quantitative estimate of drug-likeness (QED) is 0.734. The van der Waals surface area contributed by atoms with Gasteiger partial charge in [-0.2, -0.15) is 5.10 Å². The SMILES string of the molecule is Cn1cnn(CC(=O)Nc2cccc(N)c2)c1=O. The van der Waals surface area contributed by atoms with Gasteiger partial charge in [0.1, 0.15) is 12.9 Å². The van der Waals surface area contributed by atoms with Gasteiger partial charge in [-0.05, 0) is 18.2 Å². The predicted octanol–water partition coefficient (Wildman–Crippen LogP) is -0.197. The molecule has 0 saturated heterocycles. The van der Waals surface area contributed by atoms with Crippen LogP contribution in [-0.4, -0.2) is 20.3 Å². The van der Waals surface area contributed by atoms with Gasteiger partial charge in [0.2, 0.25) is 5.91 Å². The number of aromatic nitrogens is 3. The molecule has 1 amide bonds. The van der Waals surface area contributed by atoms with Crippen LogP contribution in [0.25, 0.3) is 0 Å². The maximum Gasteiger partial charge on any atom is 0.345 e. The minimum atomic E-state index is -0.335. The fourth-order valence-electron chi connectivity index (χ4n) is 1.48. The van der Waals surface area contributed by atoms with E-state index in [4.69, 9.17) is 5.73 Å². The fraction of sp³-hybridized carbons (Fsp3) is 0.182. The third-order valence-corrected chi connectivity index (χ3v) is 2.35. The van der Waals surface area contributed by atoms with E-state index < -0.39 is 0 Å². The van der Waals surface area contributed by atoms with Gasteiger partial charge in [-0.25, -0.2) is 9.48 Å². The monoisotopic (exact) mass is 247 g/mol. The summed E-state index contributed by atoms with van der Waals surface area (Å²) in [6.45, 7) is -0.130. The van der Waals surface area contributed by atoms with Gasteiger partial charge in [0, 0.05) is 18.4 Å². The van der Waals surface area contributed by atoms with Crippen molar-refractivity contribution in [2.75, 3.05) is 11.1 Å². The lowest BCUT2D eigenvalue weighted by molar-refractivity contribution is -0.117. The Morgan fingerprint density at radius 1 is 1.50 bits per heavy atom. The Bertz CT molecular complexity index is 628. The molecule has 0 unspecified atom stereocenters. The number of nitrogens with two attached hydrogens (primary N) is 1. The third kappa shape index (κ3) is 2.57. The van der Waals surface area contributed by atoms with E-state index in [0.29, 0.717) is 11.4 Å². The number of nitrogens with one attached hydrogen (secondary N) is 1. The molecule has 2 aromatic rings. The van der Waals surface area contributed by atoms with Gasteiger partial charge >= 0.3 is 5.69 Å². The van der Waals surface area contributed by atoms with Crippen LogP contribution in [-0.2, 0) is 18.4 Å². The number of hydrogen-bond acceptors (Lipinski definition) is 4. The van der Waals surface area contributed by atoms with E-state index in [9.17, 15) is 9.59 Å². The van der Waals surface area contributed by atoms with Crippen molar-refractivity contribution >= 4 is 17.3 Å². The minimum absolute atomic E-state index is 0.130. The van der Waals surface area contributed by atoms with Gasteiger partial charge in [-0.3, -0.25) is 9.36 Å². The summed E-state index contributed by atoms with van der Waals surface area (Å²) in [6, 6.07) is 6.81. The number of nitrogen functional groups attached to an aromatic ring is 1. The number of carbonyl (C=O) groups is 1. The normalized spacial score (nSPS) is 10.3. The Morgan fingerprint density at radius 2 is 2.28 bits per heavy atom. The lowest BCUT2D eigenvalue weighted by atomic mass is 10.3. The first-order valence-electron chi connectivity index (χ1n) is 5.30. The summed E-state index contributed by atoms with van der Waals surface area (Å²) in [5, 5.41) is 6.44. The zero-order valence-electron chi connectivity index (χ0n) is 9.83. The Balaban J connectivity index is 2.05. The van der Waals surface area contributed by atoms with Crippen molar-refractivity contribution in [2.24, 2.45) is 7.05 Å². The van der Waals surface area contributed by atoms with Crippen molar-refractivity contribution in [3.63, 3.8) is 0 Å². The van der Waals surface area contributed by atoms with E-state index in [1.807, 2.05) is 0 Å².